The minimum Gasteiger partial charge on any atom is -0.496 e. The monoisotopic (exact) mass is 235 g/mol. The van der Waals surface area contributed by atoms with Crippen molar-refractivity contribution in [2.75, 3.05) is 25.6 Å². The predicted molar refractivity (Wildman–Crippen MR) is 69.6 cm³/mol. The topological polar surface area (TPSA) is 41.5 Å². The minimum absolute atomic E-state index is 0.119. The molecule has 0 amide bonds. The van der Waals surface area contributed by atoms with E-state index in [-0.39, 0.29) is 12.0 Å². The van der Waals surface area contributed by atoms with Gasteiger partial charge in [-0.3, -0.25) is 0 Å². The number of hydrogen-bond donors (Lipinski definition) is 2. The highest BCUT2D eigenvalue weighted by atomic mass is 16.5. The van der Waals surface area contributed by atoms with E-state index in [0.717, 1.165) is 36.4 Å². The number of ether oxygens (including phenoxy) is 1. The van der Waals surface area contributed by atoms with Crippen LogP contribution in [0.1, 0.15) is 24.8 Å². The van der Waals surface area contributed by atoms with Gasteiger partial charge in [0.25, 0.3) is 0 Å². The highest BCUT2D eigenvalue weighted by Crippen LogP contribution is 2.40. The van der Waals surface area contributed by atoms with Gasteiger partial charge in [0.2, 0.25) is 0 Å². The molecule has 0 radical (unpaired) electrons. The lowest BCUT2D eigenvalue weighted by molar-refractivity contribution is 0.0576. The maximum absolute atomic E-state index is 9.39. The molecule has 0 aromatic heterocycles. The summed E-state index contributed by atoms with van der Waals surface area (Å²) >= 11 is 0. The van der Waals surface area contributed by atoms with Crippen molar-refractivity contribution in [2.24, 2.45) is 5.41 Å². The number of aliphatic hydroxyl groups is 1. The average Bonchev–Trinajstić information content (AvgIpc) is 2.28. The summed E-state index contributed by atoms with van der Waals surface area (Å²) in [6.07, 6.45) is 3.50. The highest BCUT2D eigenvalue weighted by Gasteiger charge is 2.35. The summed E-state index contributed by atoms with van der Waals surface area (Å²) in [6, 6.07) is 6.09. The molecule has 1 aromatic carbocycles. The number of benzene rings is 1. The number of methoxy groups -OCH3 is 1. The van der Waals surface area contributed by atoms with Crippen LogP contribution in [0, 0.1) is 12.3 Å². The second-order valence-electron chi connectivity index (χ2n) is 5.05. The van der Waals surface area contributed by atoms with E-state index in [1.807, 2.05) is 19.1 Å². The summed E-state index contributed by atoms with van der Waals surface area (Å²) in [4.78, 5) is 0. The van der Waals surface area contributed by atoms with Gasteiger partial charge in [-0.05, 0) is 43.5 Å². The third-order valence-corrected chi connectivity index (χ3v) is 3.81. The summed E-state index contributed by atoms with van der Waals surface area (Å²) in [5.74, 6) is 0.913. The van der Waals surface area contributed by atoms with Gasteiger partial charge in [0.1, 0.15) is 5.75 Å². The number of nitrogens with one attached hydrogen (secondary N) is 1. The quantitative estimate of drug-likeness (QED) is 0.824. The zero-order chi connectivity index (χ0) is 12.3. The van der Waals surface area contributed by atoms with Crippen LogP contribution in [-0.4, -0.2) is 25.4 Å². The molecule has 0 bridgehead atoms. The van der Waals surface area contributed by atoms with Gasteiger partial charge in [-0.2, -0.15) is 0 Å². The lowest BCUT2D eigenvalue weighted by Gasteiger charge is -2.40. The fraction of sp³-hybridized carbons (Fsp3) is 0.571. The van der Waals surface area contributed by atoms with Crippen molar-refractivity contribution in [3.05, 3.63) is 23.8 Å². The predicted octanol–water partition coefficient (Wildman–Crippen LogP) is 2.58. The molecule has 1 aliphatic rings. The van der Waals surface area contributed by atoms with Crippen molar-refractivity contribution >= 4 is 5.69 Å². The van der Waals surface area contributed by atoms with Crippen LogP contribution in [-0.2, 0) is 0 Å². The molecule has 3 nitrogen and oxygen atoms in total. The van der Waals surface area contributed by atoms with E-state index in [0.29, 0.717) is 0 Å². The van der Waals surface area contributed by atoms with Gasteiger partial charge in [-0.15, -0.1) is 0 Å². The summed E-state index contributed by atoms with van der Waals surface area (Å²) in [7, 11) is 1.69. The van der Waals surface area contributed by atoms with E-state index in [9.17, 15) is 5.11 Å². The van der Waals surface area contributed by atoms with Crippen molar-refractivity contribution in [3.8, 4) is 5.75 Å². The van der Waals surface area contributed by atoms with E-state index < -0.39 is 0 Å². The molecule has 0 unspecified atom stereocenters. The van der Waals surface area contributed by atoms with Gasteiger partial charge in [-0.25, -0.2) is 0 Å². The van der Waals surface area contributed by atoms with E-state index in [4.69, 9.17) is 4.74 Å². The Labute approximate surface area is 103 Å². The zero-order valence-electron chi connectivity index (χ0n) is 10.6. The van der Waals surface area contributed by atoms with Gasteiger partial charge < -0.3 is 15.2 Å². The van der Waals surface area contributed by atoms with E-state index in [2.05, 4.69) is 11.4 Å². The summed E-state index contributed by atoms with van der Waals surface area (Å²) in [5, 5.41) is 12.8. The van der Waals surface area contributed by atoms with Crippen molar-refractivity contribution < 1.29 is 9.84 Å². The van der Waals surface area contributed by atoms with Crippen molar-refractivity contribution in [1.82, 2.24) is 0 Å². The van der Waals surface area contributed by atoms with Gasteiger partial charge in [0.15, 0.2) is 0 Å². The van der Waals surface area contributed by atoms with Gasteiger partial charge >= 0.3 is 0 Å². The Bertz CT molecular complexity index is 380. The van der Waals surface area contributed by atoms with Crippen LogP contribution in [0.3, 0.4) is 0 Å². The fourth-order valence-corrected chi connectivity index (χ4v) is 2.35. The van der Waals surface area contributed by atoms with Crippen LogP contribution in [0.25, 0.3) is 0 Å². The average molecular weight is 235 g/mol. The zero-order valence-corrected chi connectivity index (χ0v) is 10.6. The number of hydrogen-bond acceptors (Lipinski definition) is 3. The van der Waals surface area contributed by atoms with E-state index >= 15 is 0 Å². The van der Waals surface area contributed by atoms with E-state index in [1.54, 1.807) is 7.11 Å². The lowest BCUT2D eigenvalue weighted by atomic mass is 9.69. The first-order valence-electron chi connectivity index (χ1n) is 6.18. The van der Waals surface area contributed by atoms with Crippen LogP contribution in [0.15, 0.2) is 18.2 Å². The molecule has 0 heterocycles. The van der Waals surface area contributed by atoms with Gasteiger partial charge in [0, 0.05) is 17.6 Å². The Morgan fingerprint density at radius 1 is 1.41 bits per heavy atom. The molecule has 1 aliphatic carbocycles. The molecule has 0 saturated heterocycles. The normalized spacial score (nSPS) is 17.4. The molecular weight excluding hydrogens is 214 g/mol. The molecule has 3 heteroatoms. The molecule has 1 fully saturated rings. The van der Waals surface area contributed by atoms with E-state index in [1.165, 1.54) is 6.42 Å². The highest BCUT2D eigenvalue weighted by molar-refractivity contribution is 5.50. The molecular formula is C14H21NO2. The Hall–Kier alpha value is -1.22. The van der Waals surface area contributed by atoms with Gasteiger partial charge in [0.05, 0.1) is 13.7 Å². The second-order valence-corrected chi connectivity index (χ2v) is 5.05. The van der Waals surface area contributed by atoms with Crippen molar-refractivity contribution in [2.45, 2.75) is 26.2 Å². The Morgan fingerprint density at radius 3 is 2.65 bits per heavy atom. The SMILES string of the molecule is COc1ccc(NCC2(CO)CCC2)cc1C. The maximum atomic E-state index is 9.39. The Balaban J connectivity index is 1.97. The molecule has 0 spiro atoms. The standard InChI is InChI=1S/C14H21NO2/c1-11-8-12(4-5-13(11)17-2)15-9-14(10-16)6-3-7-14/h4-5,8,15-16H,3,6-7,9-10H2,1-2H3. The molecule has 0 aliphatic heterocycles. The number of anilines is 1. The van der Waals surface area contributed by atoms with Crippen LogP contribution in [0.2, 0.25) is 0 Å². The molecule has 0 atom stereocenters. The summed E-state index contributed by atoms with van der Waals surface area (Å²) in [5.41, 5.74) is 2.35. The van der Waals surface area contributed by atoms with Crippen LogP contribution < -0.4 is 10.1 Å². The third kappa shape index (κ3) is 2.55. The van der Waals surface area contributed by atoms with Crippen LogP contribution in [0.5, 0.6) is 5.75 Å². The van der Waals surface area contributed by atoms with Crippen LogP contribution >= 0.6 is 0 Å². The second kappa shape index (κ2) is 4.96. The summed E-state index contributed by atoms with van der Waals surface area (Å²) in [6.45, 7) is 3.18. The molecule has 2 N–H and O–H groups in total. The Morgan fingerprint density at radius 2 is 2.18 bits per heavy atom. The van der Waals surface area contributed by atoms with Crippen molar-refractivity contribution in [3.63, 3.8) is 0 Å². The van der Waals surface area contributed by atoms with Gasteiger partial charge in [-0.1, -0.05) is 6.42 Å². The molecule has 94 valence electrons. The molecule has 2 rings (SSSR count). The largest absolute Gasteiger partial charge is 0.496 e. The lowest BCUT2D eigenvalue weighted by Crippen LogP contribution is -2.39. The molecule has 1 saturated carbocycles. The number of rotatable bonds is 5. The maximum Gasteiger partial charge on any atom is 0.121 e. The first-order valence-corrected chi connectivity index (χ1v) is 6.18. The van der Waals surface area contributed by atoms with Crippen molar-refractivity contribution in [1.29, 1.82) is 0 Å². The smallest absolute Gasteiger partial charge is 0.121 e. The number of aryl methyl sites for hydroxylation is 1. The Kier molecular flexibility index (Phi) is 3.57. The first kappa shape index (κ1) is 12.2. The first-order chi connectivity index (χ1) is 8.19. The summed E-state index contributed by atoms with van der Waals surface area (Å²) < 4.78 is 5.23. The minimum atomic E-state index is 0.119. The molecule has 1 aromatic rings. The molecule has 17 heavy (non-hydrogen) atoms. The third-order valence-electron chi connectivity index (χ3n) is 3.81. The number of aliphatic hydroxyl groups excluding tert-OH is 1. The fourth-order valence-electron chi connectivity index (χ4n) is 2.35. The van der Waals surface area contributed by atoms with Crippen LogP contribution in [0.4, 0.5) is 5.69 Å².